The van der Waals surface area contributed by atoms with Gasteiger partial charge in [0.15, 0.2) is 5.11 Å². The summed E-state index contributed by atoms with van der Waals surface area (Å²) in [6.07, 6.45) is 1.63. The fourth-order valence-corrected chi connectivity index (χ4v) is 2.23. The molecule has 0 atom stereocenters. The van der Waals surface area contributed by atoms with E-state index in [0.29, 0.717) is 10.0 Å². The Kier molecular flexibility index (Phi) is 4.95. The molecule has 0 aliphatic heterocycles. The number of nitrogens with two attached hydrogens (primary N) is 1. The first kappa shape index (κ1) is 14.8. The largest absolute Gasteiger partial charge is 0.375 e. The molecule has 0 radical (unpaired) electrons. The van der Waals surface area contributed by atoms with Gasteiger partial charge >= 0.3 is 0 Å². The summed E-state index contributed by atoms with van der Waals surface area (Å²) >= 11 is 16.6. The Balaban J connectivity index is 2.19. The minimum Gasteiger partial charge on any atom is -0.375 e. The molecule has 0 aliphatic carbocycles. The summed E-state index contributed by atoms with van der Waals surface area (Å²) in [6.45, 7) is 0. The minimum absolute atomic E-state index is 0.131. The van der Waals surface area contributed by atoms with Crippen LogP contribution in [0.3, 0.4) is 0 Å². The lowest BCUT2D eigenvalue weighted by Crippen LogP contribution is -2.23. The molecule has 0 spiro atoms. The minimum atomic E-state index is 0.131. The Morgan fingerprint density at radius 1 is 1.05 bits per heavy atom. The van der Waals surface area contributed by atoms with Crippen LogP contribution in [0.5, 0.6) is 0 Å². The van der Waals surface area contributed by atoms with E-state index >= 15 is 0 Å². The summed E-state index contributed by atoms with van der Waals surface area (Å²) in [5.41, 5.74) is 10.7. The lowest BCUT2D eigenvalue weighted by atomic mass is 10.0. The van der Waals surface area contributed by atoms with Crippen molar-refractivity contribution in [2.45, 2.75) is 0 Å². The molecule has 3 nitrogen and oxygen atoms in total. The van der Waals surface area contributed by atoms with Crippen LogP contribution < -0.4 is 11.2 Å². The second-order valence-corrected chi connectivity index (χ2v) is 5.33. The lowest BCUT2D eigenvalue weighted by Gasteiger charge is -2.04. The summed E-state index contributed by atoms with van der Waals surface area (Å²) in [6, 6.07) is 13.2. The summed E-state index contributed by atoms with van der Waals surface area (Å²) in [5.74, 6) is 0. The van der Waals surface area contributed by atoms with Gasteiger partial charge in [0.1, 0.15) is 0 Å². The summed E-state index contributed by atoms with van der Waals surface area (Å²) in [5, 5.41) is 5.24. The van der Waals surface area contributed by atoms with E-state index in [-0.39, 0.29) is 5.11 Å². The van der Waals surface area contributed by atoms with Gasteiger partial charge in [-0.25, -0.2) is 0 Å². The molecule has 0 saturated heterocycles. The van der Waals surface area contributed by atoms with E-state index in [0.717, 1.165) is 16.7 Å². The third kappa shape index (κ3) is 4.20. The molecule has 2 aromatic rings. The SMILES string of the molecule is NC(=S)NN=Cc1ccc(-c2cc(Cl)cc(Cl)c2)cc1. The Bertz CT molecular complexity index is 634. The zero-order valence-corrected chi connectivity index (χ0v) is 12.6. The van der Waals surface area contributed by atoms with Crippen molar-refractivity contribution < 1.29 is 0 Å². The first-order valence-electron chi connectivity index (χ1n) is 5.69. The molecule has 0 heterocycles. The van der Waals surface area contributed by atoms with Crippen LogP contribution in [0.15, 0.2) is 47.6 Å². The van der Waals surface area contributed by atoms with E-state index < -0.39 is 0 Å². The molecule has 3 N–H and O–H groups in total. The van der Waals surface area contributed by atoms with Gasteiger partial charge in [-0.2, -0.15) is 5.10 Å². The van der Waals surface area contributed by atoms with Crippen molar-refractivity contribution in [3.05, 3.63) is 58.1 Å². The zero-order valence-electron chi connectivity index (χ0n) is 10.3. The molecule has 0 bridgehead atoms. The summed E-state index contributed by atoms with van der Waals surface area (Å²) < 4.78 is 0. The molecule has 2 aromatic carbocycles. The van der Waals surface area contributed by atoms with Gasteiger partial charge in [-0.1, -0.05) is 47.5 Å². The maximum Gasteiger partial charge on any atom is 0.184 e. The van der Waals surface area contributed by atoms with E-state index in [2.05, 4.69) is 22.7 Å². The third-order valence-corrected chi connectivity index (χ3v) is 3.02. The number of halogens is 2. The van der Waals surface area contributed by atoms with Crippen LogP contribution in [0.2, 0.25) is 10.0 Å². The second-order valence-electron chi connectivity index (χ2n) is 4.01. The molecule has 0 aromatic heterocycles. The van der Waals surface area contributed by atoms with Crippen LogP contribution in [0.1, 0.15) is 5.56 Å². The molecule has 102 valence electrons. The monoisotopic (exact) mass is 323 g/mol. The van der Waals surface area contributed by atoms with E-state index in [1.807, 2.05) is 36.4 Å². The van der Waals surface area contributed by atoms with Crippen LogP contribution in [-0.2, 0) is 0 Å². The number of hydrazone groups is 1. The van der Waals surface area contributed by atoms with Gasteiger partial charge in [-0.15, -0.1) is 0 Å². The Morgan fingerprint density at radius 3 is 2.20 bits per heavy atom. The van der Waals surface area contributed by atoms with Crippen LogP contribution >= 0.6 is 35.4 Å². The number of nitrogens with one attached hydrogen (secondary N) is 1. The first-order valence-corrected chi connectivity index (χ1v) is 6.86. The van der Waals surface area contributed by atoms with Crippen LogP contribution in [0.25, 0.3) is 11.1 Å². The Labute approximate surface area is 132 Å². The van der Waals surface area contributed by atoms with Gasteiger partial charge < -0.3 is 5.73 Å². The van der Waals surface area contributed by atoms with Gasteiger partial charge in [0, 0.05) is 10.0 Å². The highest BCUT2D eigenvalue weighted by Gasteiger charge is 2.01. The maximum atomic E-state index is 5.99. The number of benzene rings is 2. The first-order chi connectivity index (χ1) is 9.54. The van der Waals surface area contributed by atoms with Crippen molar-refractivity contribution in [1.82, 2.24) is 5.43 Å². The molecule has 0 unspecified atom stereocenters. The van der Waals surface area contributed by atoms with Gasteiger partial charge in [0.05, 0.1) is 6.21 Å². The molecule has 2 rings (SSSR count). The van der Waals surface area contributed by atoms with E-state index in [9.17, 15) is 0 Å². The Morgan fingerprint density at radius 2 is 1.65 bits per heavy atom. The van der Waals surface area contributed by atoms with Crippen molar-refractivity contribution in [2.75, 3.05) is 0 Å². The van der Waals surface area contributed by atoms with E-state index in [1.165, 1.54) is 0 Å². The fraction of sp³-hybridized carbons (Fsp3) is 0. The molecular formula is C14H11Cl2N3S. The number of rotatable bonds is 3. The molecule has 0 fully saturated rings. The van der Waals surface area contributed by atoms with Gasteiger partial charge in [0.25, 0.3) is 0 Å². The van der Waals surface area contributed by atoms with Gasteiger partial charge in [0.2, 0.25) is 0 Å². The molecule has 0 saturated carbocycles. The van der Waals surface area contributed by atoms with Gasteiger partial charge in [-0.3, -0.25) is 5.43 Å². The molecule has 0 aliphatic rings. The van der Waals surface area contributed by atoms with E-state index in [4.69, 9.17) is 28.9 Å². The predicted molar refractivity (Wildman–Crippen MR) is 89.4 cm³/mol. The van der Waals surface area contributed by atoms with Crippen molar-refractivity contribution in [2.24, 2.45) is 10.8 Å². The summed E-state index contributed by atoms with van der Waals surface area (Å²) in [7, 11) is 0. The van der Waals surface area contributed by atoms with Crippen LogP contribution in [0, 0.1) is 0 Å². The molecule has 6 heteroatoms. The average molecular weight is 324 g/mol. The highest BCUT2D eigenvalue weighted by Crippen LogP contribution is 2.27. The quantitative estimate of drug-likeness (QED) is 0.512. The third-order valence-electron chi connectivity index (χ3n) is 2.49. The van der Waals surface area contributed by atoms with Crippen LogP contribution in [0.4, 0.5) is 0 Å². The molecule has 20 heavy (non-hydrogen) atoms. The second kappa shape index (κ2) is 6.70. The average Bonchev–Trinajstić information content (AvgIpc) is 2.38. The van der Waals surface area contributed by atoms with Crippen molar-refractivity contribution in [1.29, 1.82) is 0 Å². The van der Waals surface area contributed by atoms with Gasteiger partial charge in [-0.05, 0) is 47.1 Å². The van der Waals surface area contributed by atoms with Crippen molar-refractivity contribution in [3.8, 4) is 11.1 Å². The standard InChI is InChI=1S/C14H11Cl2N3S/c15-12-5-11(6-13(16)7-12)10-3-1-9(2-4-10)8-18-19-14(17)20/h1-8H,(H3,17,19,20). The smallest absolute Gasteiger partial charge is 0.184 e. The fourth-order valence-electron chi connectivity index (χ4n) is 1.65. The lowest BCUT2D eigenvalue weighted by molar-refractivity contribution is 1.04. The Hall–Kier alpha value is -1.62. The van der Waals surface area contributed by atoms with E-state index in [1.54, 1.807) is 12.3 Å². The number of hydrogen-bond acceptors (Lipinski definition) is 2. The normalized spacial score (nSPS) is 10.7. The van der Waals surface area contributed by atoms with Crippen molar-refractivity contribution >= 4 is 46.7 Å². The highest BCUT2D eigenvalue weighted by atomic mass is 35.5. The number of thiocarbonyl (C=S) groups is 1. The molecular weight excluding hydrogens is 313 g/mol. The predicted octanol–water partition coefficient (Wildman–Crippen LogP) is 3.83. The molecule has 0 amide bonds. The topological polar surface area (TPSA) is 50.4 Å². The van der Waals surface area contributed by atoms with Crippen molar-refractivity contribution in [3.63, 3.8) is 0 Å². The maximum absolute atomic E-state index is 5.99. The zero-order chi connectivity index (χ0) is 14.5. The summed E-state index contributed by atoms with van der Waals surface area (Å²) in [4.78, 5) is 0. The highest BCUT2D eigenvalue weighted by molar-refractivity contribution is 7.80. The number of nitrogens with zero attached hydrogens (tertiary/aromatic N) is 1. The van der Waals surface area contributed by atoms with Crippen LogP contribution in [-0.4, -0.2) is 11.3 Å². The number of hydrogen-bond donors (Lipinski definition) is 2.